The van der Waals surface area contributed by atoms with Crippen molar-refractivity contribution >= 4 is 33.0 Å². The molecule has 2 rings (SSSR count). The molecule has 0 saturated carbocycles. The Morgan fingerprint density at radius 2 is 2.00 bits per heavy atom. The molecule has 0 spiro atoms. The van der Waals surface area contributed by atoms with Gasteiger partial charge in [-0.2, -0.15) is 0 Å². The Bertz CT molecular complexity index is 478. The van der Waals surface area contributed by atoms with E-state index in [9.17, 15) is 13.2 Å². The third-order valence-corrected chi connectivity index (χ3v) is 3.41. The SMILES string of the molecule is Fc1ccc2c(C(F)F)csc2c1Cl. The average Bonchev–Trinajstić information content (AvgIpc) is 2.55. The van der Waals surface area contributed by atoms with Gasteiger partial charge in [0.2, 0.25) is 0 Å². The largest absolute Gasteiger partial charge is 0.265 e. The molecule has 1 aromatic carbocycles. The van der Waals surface area contributed by atoms with Gasteiger partial charge < -0.3 is 0 Å². The third kappa shape index (κ3) is 1.38. The molecule has 14 heavy (non-hydrogen) atoms. The molecule has 0 nitrogen and oxygen atoms in total. The number of halogens is 4. The van der Waals surface area contributed by atoms with Crippen LogP contribution in [0.3, 0.4) is 0 Å². The molecule has 0 fully saturated rings. The maximum Gasteiger partial charge on any atom is 0.265 e. The van der Waals surface area contributed by atoms with Crippen molar-refractivity contribution in [2.75, 3.05) is 0 Å². The van der Waals surface area contributed by atoms with E-state index in [0.717, 1.165) is 17.4 Å². The molecule has 0 amide bonds. The van der Waals surface area contributed by atoms with Gasteiger partial charge in [0.25, 0.3) is 6.43 Å². The van der Waals surface area contributed by atoms with E-state index in [1.807, 2.05) is 0 Å². The zero-order chi connectivity index (χ0) is 10.3. The summed E-state index contributed by atoms with van der Waals surface area (Å²) in [6, 6.07) is 2.43. The van der Waals surface area contributed by atoms with E-state index in [1.165, 1.54) is 11.4 Å². The summed E-state index contributed by atoms with van der Waals surface area (Å²) in [6.45, 7) is 0. The van der Waals surface area contributed by atoms with Gasteiger partial charge in [0.15, 0.2) is 0 Å². The number of thiophene rings is 1. The quantitative estimate of drug-likeness (QED) is 0.677. The highest BCUT2D eigenvalue weighted by molar-refractivity contribution is 7.18. The van der Waals surface area contributed by atoms with Gasteiger partial charge in [0.1, 0.15) is 5.82 Å². The standard InChI is InChI=1S/C9H4ClF3S/c10-7-6(11)2-1-4-5(9(12)13)3-14-8(4)7/h1-3,9H. The van der Waals surface area contributed by atoms with E-state index < -0.39 is 12.2 Å². The molecule has 0 unspecified atom stereocenters. The van der Waals surface area contributed by atoms with Crippen LogP contribution in [0.4, 0.5) is 13.2 Å². The van der Waals surface area contributed by atoms with Crippen molar-refractivity contribution in [2.45, 2.75) is 6.43 Å². The molecule has 0 saturated heterocycles. The third-order valence-electron chi connectivity index (χ3n) is 1.90. The van der Waals surface area contributed by atoms with Crippen molar-refractivity contribution < 1.29 is 13.2 Å². The summed E-state index contributed by atoms with van der Waals surface area (Å²) in [4.78, 5) is 0. The highest BCUT2D eigenvalue weighted by Gasteiger charge is 2.16. The Morgan fingerprint density at radius 1 is 1.29 bits per heavy atom. The lowest BCUT2D eigenvalue weighted by Gasteiger charge is -1.98. The van der Waals surface area contributed by atoms with Crippen molar-refractivity contribution in [1.29, 1.82) is 0 Å². The molecule has 1 aromatic heterocycles. The summed E-state index contributed by atoms with van der Waals surface area (Å²) in [5.41, 5.74) is -0.0908. The summed E-state index contributed by atoms with van der Waals surface area (Å²) in [7, 11) is 0. The molecule has 74 valence electrons. The summed E-state index contributed by atoms with van der Waals surface area (Å²) >= 11 is 6.67. The molecule has 0 aliphatic rings. The Balaban J connectivity index is 2.77. The minimum absolute atomic E-state index is 0.0839. The Labute approximate surface area is 86.9 Å². The van der Waals surface area contributed by atoms with Crippen molar-refractivity contribution in [3.05, 3.63) is 33.9 Å². The highest BCUT2D eigenvalue weighted by atomic mass is 35.5. The molecule has 0 atom stereocenters. The molecule has 1 heterocycles. The van der Waals surface area contributed by atoms with Gasteiger partial charge in [0.05, 0.1) is 9.72 Å². The smallest absolute Gasteiger partial charge is 0.205 e. The van der Waals surface area contributed by atoms with Crippen LogP contribution in [-0.4, -0.2) is 0 Å². The van der Waals surface area contributed by atoms with Crippen LogP contribution in [0, 0.1) is 5.82 Å². The van der Waals surface area contributed by atoms with Crippen molar-refractivity contribution in [3.63, 3.8) is 0 Å². The summed E-state index contributed by atoms with van der Waals surface area (Å²) in [6.07, 6.45) is -2.55. The normalized spacial score (nSPS) is 11.5. The summed E-state index contributed by atoms with van der Waals surface area (Å²) in [5, 5.41) is 1.55. The minimum Gasteiger partial charge on any atom is -0.205 e. The monoisotopic (exact) mass is 236 g/mol. The second kappa shape index (κ2) is 3.44. The van der Waals surface area contributed by atoms with Crippen LogP contribution in [0.15, 0.2) is 17.5 Å². The van der Waals surface area contributed by atoms with E-state index in [0.29, 0.717) is 10.1 Å². The van der Waals surface area contributed by atoms with Crippen LogP contribution in [0.1, 0.15) is 12.0 Å². The second-order valence-corrected chi connectivity index (χ2v) is 3.99. The molecule has 5 heteroatoms. The van der Waals surface area contributed by atoms with E-state index >= 15 is 0 Å². The van der Waals surface area contributed by atoms with Gasteiger partial charge in [-0.15, -0.1) is 11.3 Å². The zero-order valence-corrected chi connectivity index (χ0v) is 8.30. The minimum atomic E-state index is -2.55. The first-order valence-corrected chi connectivity index (χ1v) is 5.00. The summed E-state index contributed by atoms with van der Waals surface area (Å²) in [5.74, 6) is -0.582. The van der Waals surface area contributed by atoms with Gasteiger partial charge in [-0.05, 0) is 6.07 Å². The molecule has 0 aliphatic carbocycles. The fourth-order valence-corrected chi connectivity index (χ4v) is 2.52. The molecule has 0 aliphatic heterocycles. The molecule has 0 bridgehead atoms. The predicted molar refractivity (Wildman–Crippen MR) is 51.8 cm³/mol. The molecule has 0 N–H and O–H groups in total. The van der Waals surface area contributed by atoms with Gasteiger partial charge in [0, 0.05) is 16.3 Å². The van der Waals surface area contributed by atoms with E-state index in [4.69, 9.17) is 11.6 Å². The van der Waals surface area contributed by atoms with Crippen LogP contribution in [-0.2, 0) is 0 Å². The van der Waals surface area contributed by atoms with Crippen LogP contribution in [0.25, 0.3) is 10.1 Å². The molecule has 2 aromatic rings. The maximum absolute atomic E-state index is 12.9. The lowest BCUT2D eigenvalue weighted by Crippen LogP contribution is -1.81. The topological polar surface area (TPSA) is 0 Å². The van der Waals surface area contributed by atoms with Crippen molar-refractivity contribution in [1.82, 2.24) is 0 Å². The predicted octanol–water partition coefficient (Wildman–Crippen LogP) is 4.63. The lowest BCUT2D eigenvalue weighted by molar-refractivity contribution is 0.153. The Hall–Kier alpha value is -0.740. The number of rotatable bonds is 1. The number of benzene rings is 1. The maximum atomic E-state index is 12.9. The van der Waals surface area contributed by atoms with Gasteiger partial charge in [-0.25, -0.2) is 13.2 Å². The lowest BCUT2D eigenvalue weighted by atomic mass is 10.2. The fourth-order valence-electron chi connectivity index (χ4n) is 1.23. The average molecular weight is 237 g/mol. The number of fused-ring (bicyclic) bond motifs is 1. The Morgan fingerprint density at radius 3 is 2.64 bits per heavy atom. The molecular formula is C9H4ClF3S. The van der Waals surface area contributed by atoms with Gasteiger partial charge >= 0.3 is 0 Å². The highest BCUT2D eigenvalue weighted by Crippen LogP contribution is 2.37. The second-order valence-electron chi connectivity index (χ2n) is 2.73. The Kier molecular flexibility index (Phi) is 2.41. The molecular weight excluding hydrogens is 233 g/mol. The van der Waals surface area contributed by atoms with Crippen molar-refractivity contribution in [2.24, 2.45) is 0 Å². The van der Waals surface area contributed by atoms with E-state index in [2.05, 4.69) is 0 Å². The van der Waals surface area contributed by atoms with Gasteiger partial charge in [-0.1, -0.05) is 17.7 Å². The van der Waals surface area contributed by atoms with Crippen LogP contribution in [0.5, 0.6) is 0 Å². The number of alkyl halides is 2. The number of hydrogen-bond acceptors (Lipinski definition) is 1. The fraction of sp³-hybridized carbons (Fsp3) is 0.111. The van der Waals surface area contributed by atoms with Crippen LogP contribution in [0.2, 0.25) is 5.02 Å². The first-order valence-electron chi connectivity index (χ1n) is 3.74. The van der Waals surface area contributed by atoms with E-state index in [1.54, 1.807) is 0 Å². The first kappa shape index (κ1) is 9.80. The van der Waals surface area contributed by atoms with Crippen molar-refractivity contribution in [3.8, 4) is 0 Å². The molecule has 0 radical (unpaired) electrons. The van der Waals surface area contributed by atoms with Crippen LogP contribution >= 0.6 is 22.9 Å². The first-order chi connectivity index (χ1) is 6.61. The number of hydrogen-bond donors (Lipinski definition) is 0. The zero-order valence-electron chi connectivity index (χ0n) is 6.73. The summed E-state index contributed by atoms with van der Waals surface area (Å²) < 4.78 is 38.2. The van der Waals surface area contributed by atoms with Gasteiger partial charge in [-0.3, -0.25) is 0 Å². The van der Waals surface area contributed by atoms with Crippen LogP contribution < -0.4 is 0 Å². The van der Waals surface area contributed by atoms with E-state index in [-0.39, 0.29) is 10.6 Å².